The third kappa shape index (κ3) is 4.42. The number of anilines is 1. The van der Waals surface area contributed by atoms with Crippen LogP contribution in [0.2, 0.25) is 0 Å². The summed E-state index contributed by atoms with van der Waals surface area (Å²) in [7, 11) is 0. The van der Waals surface area contributed by atoms with Crippen molar-refractivity contribution in [1.82, 2.24) is 21.0 Å². The lowest BCUT2D eigenvalue weighted by Crippen LogP contribution is -2.42. The quantitative estimate of drug-likeness (QED) is 0.320. The van der Waals surface area contributed by atoms with Crippen LogP contribution in [0.25, 0.3) is 10.8 Å². The second-order valence-corrected chi connectivity index (χ2v) is 7.28. The first-order chi connectivity index (χ1) is 15.4. The smallest absolute Gasteiger partial charge is 0.291 e. The molecule has 0 aliphatic carbocycles. The van der Waals surface area contributed by atoms with Crippen LogP contribution in [-0.4, -0.2) is 27.9 Å². The van der Waals surface area contributed by atoms with Crippen molar-refractivity contribution in [2.24, 2.45) is 0 Å². The molecule has 0 atom stereocenters. The van der Waals surface area contributed by atoms with E-state index in [4.69, 9.17) is 4.42 Å². The van der Waals surface area contributed by atoms with E-state index in [1.165, 1.54) is 18.2 Å². The maximum atomic E-state index is 12.5. The van der Waals surface area contributed by atoms with Gasteiger partial charge in [-0.3, -0.25) is 30.0 Å². The van der Waals surface area contributed by atoms with Crippen molar-refractivity contribution in [2.75, 3.05) is 5.32 Å². The van der Waals surface area contributed by atoms with Crippen molar-refractivity contribution in [3.05, 3.63) is 92.7 Å². The van der Waals surface area contributed by atoms with E-state index < -0.39 is 23.3 Å². The van der Waals surface area contributed by atoms with Crippen LogP contribution in [0.3, 0.4) is 0 Å². The number of H-pyrrole nitrogens is 1. The summed E-state index contributed by atoms with van der Waals surface area (Å²) in [5.41, 5.74) is 4.61. The number of hydrogen-bond donors (Lipinski definition) is 4. The van der Waals surface area contributed by atoms with Crippen LogP contribution in [0.1, 0.15) is 31.4 Å². The fourth-order valence-corrected chi connectivity index (χ4v) is 3.21. The summed E-state index contributed by atoms with van der Waals surface area (Å²) in [6.07, 6.45) is 0. The van der Waals surface area contributed by atoms with Crippen molar-refractivity contribution in [3.63, 3.8) is 0 Å². The number of nitrogens with zero attached hydrogens (tertiary/aromatic N) is 1. The lowest BCUT2D eigenvalue weighted by atomic mass is 10.1. The highest BCUT2D eigenvalue weighted by atomic mass is 79.9. The van der Waals surface area contributed by atoms with Crippen LogP contribution >= 0.6 is 15.9 Å². The number of carbonyl (C=O) groups is 3. The van der Waals surface area contributed by atoms with Gasteiger partial charge in [0.2, 0.25) is 0 Å². The number of hydrazine groups is 1. The summed E-state index contributed by atoms with van der Waals surface area (Å²) in [5.74, 6) is -1.72. The molecule has 4 N–H and O–H groups in total. The number of halogens is 1. The van der Waals surface area contributed by atoms with Crippen LogP contribution in [-0.2, 0) is 0 Å². The SMILES string of the molecule is O=C(NNC(=O)c1n[nH]c(=O)c2ccccc12)c1cccc(NC(=O)c2ccc(Br)o2)c1. The molecule has 3 amide bonds. The fourth-order valence-electron chi connectivity index (χ4n) is 2.90. The summed E-state index contributed by atoms with van der Waals surface area (Å²) in [5, 5.41) is 9.29. The fraction of sp³-hybridized carbons (Fsp3) is 0. The second kappa shape index (κ2) is 8.86. The Balaban J connectivity index is 1.44. The zero-order valence-electron chi connectivity index (χ0n) is 16.1. The third-order valence-corrected chi connectivity index (χ3v) is 4.81. The molecular weight excluding hydrogens is 482 g/mol. The van der Waals surface area contributed by atoms with Gasteiger partial charge in [-0.2, -0.15) is 5.10 Å². The van der Waals surface area contributed by atoms with Gasteiger partial charge in [-0.05, 0) is 52.3 Å². The predicted molar refractivity (Wildman–Crippen MR) is 118 cm³/mol. The Morgan fingerprint density at radius 1 is 0.875 bits per heavy atom. The lowest BCUT2D eigenvalue weighted by Gasteiger charge is -2.09. The molecule has 0 spiro atoms. The Morgan fingerprint density at radius 3 is 2.38 bits per heavy atom. The van der Waals surface area contributed by atoms with Crippen LogP contribution in [0.4, 0.5) is 5.69 Å². The zero-order chi connectivity index (χ0) is 22.7. The van der Waals surface area contributed by atoms with E-state index in [1.54, 1.807) is 42.5 Å². The highest BCUT2D eigenvalue weighted by Gasteiger charge is 2.16. The Kier molecular flexibility index (Phi) is 5.81. The minimum Gasteiger partial charge on any atom is -0.444 e. The van der Waals surface area contributed by atoms with Crippen molar-refractivity contribution >= 4 is 50.1 Å². The normalized spacial score (nSPS) is 10.5. The zero-order valence-corrected chi connectivity index (χ0v) is 17.7. The summed E-state index contributed by atoms with van der Waals surface area (Å²) in [6, 6.07) is 15.7. The molecule has 32 heavy (non-hydrogen) atoms. The number of aromatic nitrogens is 2. The summed E-state index contributed by atoms with van der Waals surface area (Å²) >= 11 is 3.12. The van der Waals surface area contributed by atoms with Crippen molar-refractivity contribution in [1.29, 1.82) is 0 Å². The maximum absolute atomic E-state index is 12.5. The molecule has 4 aromatic rings. The predicted octanol–water partition coefficient (Wildman–Crippen LogP) is 2.61. The van der Waals surface area contributed by atoms with Gasteiger partial charge in [0, 0.05) is 16.6 Å². The summed E-state index contributed by atoms with van der Waals surface area (Å²) in [6.45, 7) is 0. The number of nitrogens with one attached hydrogen (secondary N) is 4. The number of fused-ring (bicyclic) bond motifs is 1. The molecule has 0 saturated heterocycles. The van der Waals surface area contributed by atoms with E-state index in [2.05, 4.69) is 42.3 Å². The lowest BCUT2D eigenvalue weighted by molar-refractivity contribution is 0.0844. The van der Waals surface area contributed by atoms with Gasteiger partial charge in [0.1, 0.15) is 0 Å². The Hall–Kier alpha value is -4.25. The van der Waals surface area contributed by atoms with Gasteiger partial charge in [0.25, 0.3) is 23.3 Å². The number of carbonyl (C=O) groups excluding carboxylic acids is 3. The molecule has 0 radical (unpaired) electrons. The Bertz CT molecular complexity index is 1410. The number of furan rings is 1. The molecule has 2 aromatic carbocycles. The van der Waals surface area contributed by atoms with Gasteiger partial charge in [-0.15, -0.1) is 0 Å². The molecule has 0 saturated carbocycles. The Labute approximate surface area is 188 Å². The average molecular weight is 496 g/mol. The maximum Gasteiger partial charge on any atom is 0.291 e. The van der Waals surface area contributed by atoms with Crippen LogP contribution in [0, 0.1) is 0 Å². The van der Waals surface area contributed by atoms with E-state index in [0.717, 1.165) is 0 Å². The number of hydrogen-bond acceptors (Lipinski definition) is 6. The van der Waals surface area contributed by atoms with Gasteiger partial charge >= 0.3 is 0 Å². The highest BCUT2D eigenvalue weighted by molar-refractivity contribution is 9.10. The van der Waals surface area contributed by atoms with E-state index in [-0.39, 0.29) is 17.0 Å². The largest absolute Gasteiger partial charge is 0.444 e. The molecule has 0 fully saturated rings. The molecule has 11 heteroatoms. The number of rotatable bonds is 4. The monoisotopic (exact) mass is 495 g/mol. The number of benzene rings is 2. The Morgan fingerprint density at radius 2 is 1.62 bits per heavy atom. The molecule has 0 bridgehead atoms. The highest BCUT2D eigenvalue weighted by Crippen LogP contribution is 2.17. The van der Waals surface area contributed by atoms with E-state index in [0.29, 0.717) is 21.1 Å². The van der Waals surface area contributed by atoms with Gasteiger partial charge in [0.05, 0.1) is 5.39 Å². The molecule has 2 heterocycles. The molecule has 4 rings (SSSR count). The third-order valence-electron chi connectivity index (χ3n) is 4.38. The molecule has 160 valence electrons. The van der Waals surface area contributed by atoms with E-state index >= 15 is 0 Å². The molecule has 2 aromatic heterocycles. The average Bonchev–Trinajstić information content (AvgIpc) is 3.24. The van der Waals surface area contributed by atoms with Crippen LogP contribution in [0.5, 0.6) is 0 Å². The van der Waals surface area contributed by atoms with Gasteiger partial charge in [-0.1, -0.05) is 24.3 Å². The van der Waals surface area contributed by atoms with E-state index in [9.17, 15) is 19.2 Å². The first-order valence-electron chi connectivity index (χ1n) is 9.17. The van der Waals surface area contributed by atoms with Gasteiger partial charge < -0.3 is 9.73 Å². The van der Waals surface area contributed by atoms with Crippen LogP contribution < -0.4 is 21.7 Å². The number of amides is 3. The molecular formula is C21H14BrN5O5. The first kappa shape index (κ1) is 21.0. The summed E-state index contributed by atoms with van der Waals surface area (Å²) in [4.78, 5) is 49.0. The van der Waals surface area contributed by atoms with Gasteiger partial charge in [0.15, 0.2) is 16.1 Å². The topological polar surface area (TPSA) is 146 Å². The van der Waals surface area contributed by atoms with Crippen LogP contribution in [0.15, 0.2) is 74.5 Å². The summed E-state index contributed by atoms with van der Waals surface area (Å²) < 4.78 is 5.60. The van der Waals surface area contributed by atoms with Crippen molar-refractivity contribution in [3.8, 4) is 0 Å². The van der Waals surface area contributed by atoms with Gasteiger partial charge in [-0.25, -0.2) is 5.10 Å². The minimum atomic E-state index is -0.710. The standard InChI is InChI=1S/C21H14BrN5O5/c22-16-9-8-15(32-16)20(30)23-12-5-3-4-11(10-12)18(28)25-27-21(31)17-13-6-1-2-7-14(13)19(29)26-24-17/h1-10H,(H,23,30)(H,25,28)(H,26,29)(H,27,31). The molecule has 0 aliphatic rings. The van der Waals surface area contributed by atoms with Crippen molar-refractivity contribution < 1.29 is 18.8 Å². The second-order valence-electron chi connectivity index (χ2n) is 6.49. The molecule has 0 aliphatic heterocycles. The number of aromatic amines is 1. The molecule has 0 unspecified atom stereocenters. The molecule has 10 nitrogen and oxygen atoms in total. The van der Waals surface area contributed by atoms with E-state index in [1.807, 2.05) is 0 Å². The minimum absolute atomic E-state index is 0.0499. The van der Waals surface area contributed by atoms with Crippen molar-refractivity contribution in [2.45, 2.75) is 0 Å². The first-order valence-corrected chi connectivity index (χ1v) is 9.96.